The van der Waals surface area contributed by atoms with Gasteiger partial charge >= 0.3 is 5.91 Å². The van der Waals surface area contributed by atoms with Crippen molar-refractivity contribution < 1.29 is 24.2 Å². The number of aryl methyl sites for hydroxylation is 2. The number of nitrogens with zero attached hydrogens (tertiary/aromatic N) is 2. The van der Waals surface area contributed by atoms with Crippen LogP contribution in [-0.2, 0) is 9.59 Å². The fraction of sp³-hybridized carbons (Fsp3) is 0.171. The maximum absolute atomic E-state index is 13.8. The van der Waals surface area contributed by atoms with Crippen molar-refractivity contribution >= 4 is 44.1 Å². The van der Waals surface area contributed by atoms with Gasteiger partial charge in [-0.05, 0) is 79.4 Å². The maximum atomic E-state index is 13.8. The number of fused-ring (bicyclic) bond motifs is 1. The molecule has 0 bridgehead atoms. The molecule has 4 aromatic carbocycles. The average Bonchev–Trinajstić information content (AvgIpc) is 3.54. The zero-order chi connectivity index (χ0) is 30.1. The van der Waals surface area contributed by atoms with Gasteiger partial charge in [-0.1, -0.05) is 66.8 Å². The summed E-state index contributed by atoms with van der Waals surface area (Å²) < 4.78 is 12.8. The van der Waals surface area contributed by atoms with Gasteiger partial charge in [0, 0.05) is 5.56 Å². The van der Waals surface area contributed by atoms with Crippen molar-refractivity contribution in [2.75, 3.05) is 11.5 Å². The third kappa shape index (κ3) is 5.49. The van der Waals surface area contributed by atoms with Crippen molar-refractivity contribution in [2.24, 2.45) is 0 Å². The van der Waals surface area contributed by atoms with Gasteiger partial charge in [0.05, 0.1) is 28.4 Å². The van der Waals surface area contributed by atoms with Crippen LogP contribution >= 0.6 is 11.3 Å². The number of ketones is 1. The number of anilines is 1. The Bertz CT molecular complexity index is 1880. The number of ether oxygens (including phenoxy) is 2. The zero-order valence-electron chi connectivity index (χ0n) is 24.0. The van der Waals surface area contributed by atoms with Gasteiger partial charge in [-0.25, -0.2) is 4.98 Å². The Hall–Kier alpha value is -4.95. The number of hydrogen-bond donors (Lipinski definition) is 1. The average molecular weight is 591 g/mol. The summed E-state index contributed by atoms with van der Waals surface area (Å²) in [6.45, 7) is 6.50. The summed E-state index contributed by atoms with van der Waals surface area (Å²) in [7, 11) is 0. The van der Waals surface area contributed by atoms with E-state index in [9.17, 15) is 14.7 Å². The SMILES string of the molecule is CCCOc1cccc(/C(O)=C2\C(=O)C(=O)N(c3nc4c(C)cc(C)cc4s3)C2c2cccc(Oc3ccccc3)c2)c1. The number of rotatable bonds is 8. The number of carbonyl (C=O) groups excluding carboxylic acids is 2. The lowest BCUT2D eigenvalue weighted by Crippen LogP contribution is -2.29. The first-order valence-corrected chi connectivity index (χ1v) is 14.9. The molecule has 6 rings (SSSR count). The van der Waals surface area contributed by atoms with Gasteiger partial charge in [-0.2, -0.15) is 0 Å². The number of amides is 1. The smallest absolute Gasteiger partial charge is 0.301 e. The van der Waals surface area contributed by atoms with Gasteiger partial charge in [0.25, 0.3) is 5.78 Å². The van der Waals surface area contributed by atoms with E-state index in [0.29, 0.717) is 40.1 Å². The monoisotopic (exact) mass is 590 g/mol. The third-order valence-electron chi connectivity index (χ3n) is 7.20. The first-order valence-electron chi connectivity index (χ1n) is 14.1. The Kier molecular flexibility index (Phi) is 7.69. The zero-order valence-corrected chi connectivity index (χ0v) is 24.9. The summed E-state index contributed by atoms with van der Waals surface area (Å²) in [5, 5.41) is 12.0. The molecule has 1 aliphatic heterocycles. The Morgan fingerprint density at radius 2 is 1.65 bits per heavy atom. The fourth-order valence-electron chi connectivity index (χ4n) is 5.29. The van der Waals surface area contributed by atoms with Gasteiger partial charge in [0.1, 0.15) is 23.0 Å². The lowest BCUT2D eigenvalue weighted by molar-refractivity contribution is -0.132. The molecular formula is C35H30N2O5S. The van der Waals surface area contributed by atoms with Crippen LogP contribution in [0.2, 0.25) is 0 Å². The number of benzene rings is 4. The molecule has 0 radical (unpaired) electrons. The van der Waals surface area contributed by atoms with E-state index in [0.717, 1.165) is 27.8 Å². The second-order valence-electron chi connectivity index (χ2n) is 10.5. The van der Waals surface area contributed by atoms with Gasteiger partial charge in [0.15, 0.2) is 5.13 Å². The Labute approximate surface area is 253 Å². The highest BCUT2D eigenvalue weighted by Gasteiger charge is 2.48. The van der Waals surface area contributed by atoms with Crippen LogP contribution in [0, 0.1) is 13.8 Å². The molecule has 0 spiro atoms. The molecule has 1 unspecified atom stereocenters. The van der Waals surface area contributed by atoms with Crippen LogP contribution in [0.15, 0.2) is 96.6 Å². The van der Waals surface area contributed by atoms with E-state index in [1.165, 1.54) is 16.2 Å². The molecule has 1 saturated heterocycles. The van der Waals surface area contributed by atoms with E-state index in [2.05, 4.69) is 0 Å². The number of carbonyl (C=O) groups is 2. The highest BCUT2D eigenvalue weighted by atomic mass is 32.1. The third-order valence-corrected chi connectivity index (χ3v) is 8.20. The maximum Gasteiger partial charge on any atom is 0.301 e. The number of hydrogen-bond acceptors (Lipinski definition) is 7. The number of aliphatic hydroxyl groups is 1. The second kappa shape index (κ2) is 11.7. The molecule has 1 atom stereocenters. The molecule has 0 aliphatic carbocycles. The van der Waals surface area contributed by atoms with Crippen LogP contribution in [0.4, 0.5) is 5.13 Å². The molecule has 216 valence electrons. The van der Waals surface area contributed by atoms with Gasteiger partial charge in [-0.3, -0.25) is 14.5 Å². The second-order valence-corrected chi connectivity index (χ2v) is 11.5. The highest BCUT2D eigenvalue weighted by molar-refractivity contribution is 7.22. The molecule has 1 fully saturated rings. The molecule has 1 aliphatic rings. The quantitative estimate of drug-likeness (QED) is 0.112. The summed E-state index contributed by atoms with van der Waals surface area (Å²) in [4.78, 5) is 33.8. The van der Waals surface area contributed by atoms with Gasteiger partial charge in [0.2, 0.25) is 0 Å². The lowest BCUT2D eigenvalue weighted by atomic mass is 9.95. The summed E-state index contributed by atoms with van der Waals surface area (Å²) >= 11 is 1.34. The summed E-state index contributed by atoms with van der Waals surface area (Å²) in [5.41, 5.74) is 3.78. The molecule has 5 aromatic rings. The summed E-state index contributed by atoms with van der Waals surface area (Å²) in [6.07, 6.45) is 0.823. The van der Waals surface area contributed by atoms with E-state index in [1.807, 2.05) is 69.3 Å². The lowest BCUT2D eigenvalue weighted by Gasteiger charge is -2.23. The van der Waals surface area contributed by atoms with E-state index >= 15 is 0 Å². The van der Waals surface area contributed by atoms with Crippen LogP contribution in [0.25, 0.3) is 16.0 Å². The first-order chi connectivity index (χ1) is 20.8. The van der Waals surface area contributed by atoms with Crippen LogP contribution in [-0.4, -0.2) is 28.4 Å². The molecule has 0 saturated carbocycles. The molecular weight excluding hydrogens is 560 g/mol. The van der Waals surface area contributed by atoms with E-state index in [4.69, 9.17) is 14.5 Å². The minimum atomic E-state index is -0.943. The predicted molar refractivity (Wildman–Crippen MR) is 169 cm³/mol. The highest BCUT2D eigenvalue weighted by Crippen LogP contribution is 2.45. The van der Waals surface area contributed by atoms with Crippen LogP contribution in [0.5, 0.6) is 17.2 Å². The Morgan fingerprint density at radius 1 is 0.907 bits per heavy atom. The van der Waals surface area contributed by atoms with Crippen molar-refractivity contribution in [1.29, 1.82) is 0 Å². The molecule has 1 N–H and O–H groups in total. The fourth-order valence-corrected chi connectivity index (χ4v) is 6.46. The summed E-state index contributed by atoms with van der Waals surface area (Å²) in [6, 6.07) is 26.6. The molecule has 1 aromatic heterocycles. The number of thiazole rings is 1. The summed E-state index contributed by atoms with van der Waals surface area (Å²) in [5.74, 6) is -0.0893. The normalized spacial score (nSPS) is 16.2. The molecule has 1 amide bonds. The van der Waals surface area contributed by atoms with Crippen molar-refractivity contribution in [2.45, 2.75) is 33.2 Å². The van der Waals surface area contributed by atoms with Crippen molar-refractivity contribution in [3.63, 3.8) is 0 Å². The number of Topliss-reactive ketones (excluding diaryl/α,β-unsaturated/α-hetero) is 1. The Balaban J connectivity index is 1.51. The predicted octanol–water partition coefficient (Wildman–Crippen LogP) is 8.12. The minimum Gasteiger partial charge on any atom is -0.507 e. The number of aliphatic hydroxyl groups excluding tert-OH is 1. The van der Waals surface area contributed by atoms with E-state index in [1.54, 1.807) is 42.5 Å². The van der Waals surface area contributed by atoms with Crippen molar-refractivity contribution in [3.8, 4) is 17.2 Å². The van der Waals surface area contributed by atoms with Crippen LogP contribution in [0.3, 0.4) is 0 Å². The molecule has 2 heterocycles. The van der Waals surface area contributed by atoms with Crippen LogP contribution in [0.1, 0.15) is 41.6 Å². The van der Waals surface area contributed by atoms with E-state index < -0.39 is 17.7 Å². The number of aromatic nitrogens is 1. The molecule has 43 heavy (non-hydrogen) atoms. The minimum absolute atomic E-state index is 0.0262. The van der Waals surface area contributed by atoms with Crippen molar-refractivity contribution in [3.05, 3.63) is 119 Å². The first kappa shape index (κ1) is 28.2. The topological polar surface area (TPSA) is 89.0 Å². The van der Waals surface area contributed by atoms with Gasteiger partial charge < -0.3 is 14.6 Å². The van der Waals surface area contributed by atoms with Crippen LogP contribution < -0.4 is 14.4 Å². The molecule has 7 nitrogen and oxygen atoms in total. The standard InChI is InChI=1S/C35H30N2O5S/c1-4-16-41-26-14-9-11-24(20-26)32(38)29-31(23-10-8-15-27(19-23)42-25-12-6-5-7-13-25)37(34(40)33(29)39)35-36-30-22(3)17-21(2)18-28(30)43-35/h5-15,17-20,31,38H,4,16H2,1-3H3/b32-29+. The van der Waals surface area contributed by atoms with Gasteiger partial charge in [-0.15, -0.1) is 0 Å². The number of para-hydroxylation sites is 1. The van der Waals surface area contributed by atoms with E-state index in [-0.39, 0.29) is 11.3 Å². The molecule has 8 heteroatoms. The Morgan fingerprint density at radius 3 is 2.44 bits per heavy atom. The largest absolute Gasteiger partial charge is 0.507 e. The van der Waals surface area contributed by atoms with Crippen molar-refractivity contribution in [1.82, 2.24) is 4.98 Å².